The highest BCUT2D eigenvalue weighted by atomic mass is 19.1. The fourth-order valence-electron chi connectivity index (χ4n) is 2.50. The van der Waals surface area contributed by atoms with Crippen LogP contribution in [0.5, 0.6) is 0 Å². The van der Waals surface area contributed by atoms with Crippen LogP contribution in [-0.2, 0) is 11.8 Å². The monoisotopic (exact) mass is 274 g/mol. The molecule has 1 aliphatic rings. The number of benzene rings is 1. The molecular weight excluding hydrogens is 259 g/mol. The summed E-state index contributed by atoms with van der Waals surface area (Å²) in [6.07, 6.45) is 0. The third-order valence-electron chi connectivity index (χ3n) is 3.64. The van der Waals surface area contributed by atoms with Crippen molar-refractivity contribution in [1.29, 1.82) is 0 Å². The van der Waals surface area contributed by atoms with Gasteiger partial charge in [-0.05, 0) is 32.0 Å². The van der Waals surface area contributed by atoms with Crippen molar-refractivity contribution in [2.45, 2.75) is 19.9 Å². The van der Waals surface area contributed by atoms with Crippen LogP contribution in [-0.4, -0.2) is 15.7 Å². The highest BCUT2D eigenvalue weighted by Crippen LogP contribution is 2.35. The van der Waals surface area contributed by atoms with Crippen molar-refractivity contribution in [2.75, 3.05) is 10.6 Å². The summed E-state index contributed by atoms with van der Waals surface area (Å²) >= 11 is 0. The van der Waals surface area contributed by atoms with Crippen LogP contribution in [0.3, 0.4) is 0 Å². The van der Waals surface area contributed by atoms with Crippen molar-refractivity contribution in [1.82, 2.24) is 9.78 Å². The van der Waals surface area contributed by atoms with Crippen molar-refractivity contribution in [3.05, 3.63) is 41.0 Å². The second-order valence-corrected chi connectivity index (χ2v) is 4.97. The number of anilines is 2. The van der Waals surface area contributed by atoms with Gasteiger partial charge in [0, 0.05) is 18.3 Å². The molecule has 1 aromatic heterocycles. The molecule has 1 atom stereocenters. The Labute approximate surface area is 115 Å². The fraction of sp³-hybridized carbons (Fsp3) is 0.286. The first kappa shape index (κ1) is 12.7. The standard InChI is InChI=1S/C14H15FN4O/c1-7-12(8(2)19(3)18-7)17-13-10-6-9(15)4-5-11(10)16-14(13)20/h4-6,13,17H,1-3H3,(H,16,20). The van der Waals surface area contributed by atoms with Gasteiger partial charge in [-0.3, -0.25) is 9.48 Å². The van der Waals surface area contributed by atoms with Crippen LogP contribution in [0.4, 0.5) is 15.8 Å². The van der Waals surface area contributed by atoms with Crippen molar-refractivity contribution in [2.24, 2.45) is 7.05 Å². The van der Waals surface area contributed by atoms with E-state index in [1.54, 1.807) is 10.7 Å². The molecule has 5 nitrogen and oxygen atoms in total. The predicted octanol–water partition coefficient (Wildman–Crippen LogP) is 2.28. The van der Waals surface area contributed by atoms with Crippen LogP contribution >= 0.6 is 0 Å². The van der Waals surface area contributed by atoms with Gasteiger partial charge in [0.25, 0.3) is 5.91 Å². The van der Waals surface area contributed by atoms with E-state index in [0.29, 0.717) is 11.3 Å². The number of aryl methyl sites for hydroxylation is 2. The second-order valence-electron chi connectivity index (χ2n) is 4.97. The zero-order valence-electron chi connectivity index (χ0n) is 11.5. The number of nitrogens with one attached hydrogen (secondary N) is 2. The van der Waals surface area contributed by atoms with Crippen LogP contribution in [0.25, 0.3) is 0 Å². The summed E-state index contributed by atoms with van der Waals surface area (Å²) in [5, 5.41) is 10.2. The lowest BCUT2D eigenvalue weighted by Gasteiger charge is -2.13. The highest BCUT2D eigenvalue weighted by Gasteiger charge is 2.32. The van der Waals surface area contributed by atoms with Gasteiger partial charge in [-0.25, -0.2) is 4.39 Å². The number of fused-ring (bicyclic) bond motifs is 1. The average Bonchev–Trinajstić information content (AvgIpc) is 2.82. The highest BCUT2D eigenvalue weighted by molar-refractivity contribution is 6.04. The normalized spacial score (nSPS) is 17.0. The Morgan fingerprint density at radius 3 is 2.80 bits per heavy atom. The first-order valence-corrected chi connectivity index (χ1v) is 6.34. The fourth-order valence-corrected chi connectivity index (χ4v) is 2.50. The molecule has 0 fully saturated rings. The number of nitrogens with zero attached hydrogens (tertiary/aromatic N) is 2. The lowest BCUT2D eigenvalue weighted by molar-refractivity contribution is -0.116. The summed E-state index contributed by atoms with van der Waals surface area (Å²) in [5.41, 5.74) is 3.82. The second kappa shape index (κ2) is 4.33. The minimum Gasteiger partial charge on any atom is -0.367 e. The maximum atomic E-state index is 13.4. The molecule has 0 saturated carbocycles. The molecule has 0 saturated heterocycles. The van der Waals surface area contributed by atoms with E-state index in [0.717, 1.165) is 17.1 Å². The van der Waals surface area contributed by atoms with E-state index in [-0.39, 0.29) is 11.7 Å². The first-order chi connectivity index (χ1) is 9.47. The number of rotatable bonds is 2. The number of halogens is 1. The van der Waals surface area contributed by atoms with E-state index in [4.69, 9.17) is 0 Å². The van der Waals surface area contributed by atoms with E-state index in [2.05, 4.69) is 15.7 Å². The molecule has 1 unspecified atom stereocenters. The van der Waals surface area contributed by atoms with Gasteiger partial charge in [-0.15, -0.1) is 0 Å². The van der Waals surface area contributed by atoms with Crippen molar-refractivity contribution < 1.29 is 9.18 Å². The Bertz CT molecular complexity index is 707. The quantitative estimate of drug-likeness (QED) is 0.883. The van der Waals surface area contributed by atoms with Crippen molar-refractivity contribution in [3.63, 3.8) is 0 Å². The van der Waals surface area contributed by atoms with Crippen LogP contribution in [0.2, 0.25) is 0 Å². The molecule has 6 heteroatoms. The van der Waals surface area contributed by atoms with E-state index >= 15 is 0 Å². The maximum Gasteiger partial charge on any atom is 0.251 e. The molecule has 2 aromatic rings. The zero-order valence-corrected chi connectivity index (χ0v) is 11.5. The topological polar surface area (TPSA) is 59.0 Å². The molecular formula is C14H15FN4O. The zero-order chi connectivity index (χ0) is 14.4. The molecule has 20 heavy (non-hydrogen) atoms. The Hall–Kier alpha value is -2.37. The molecule has 104 valence electrons. The van der Waals surface area contributed by atoms with E-state index in [1.807, 2.05) is 20.9 Å². The summed E-state index contributed by atoms with van der Waals surface area (Å²) in [5.74, 6) is -0.542. The molecule has 0 bridgehead atoms. The summed E-state index contributed by atoms with van der Waals surface area (Å²) in [4.78, 5) is 12.1. The van der Waals surface area contributed by atoms with Gasteiger partial charge in [-0.2, -0.15) is 5.10 Å². The summed E-state index contributed by atoms with van der Waals surface area (Å²) in [6.45, 7) is 3.79. The number of carbonyl (C=O) groups is 1. The van der Waals surface area contributed by atoms with Crippen LogP contribution < -0.4 is 10.6 Å². The minimum atomic E-state index is -0.595. The third kappa shape index (κ3) is 1.84. The van der Waals surface area contributed by atoms with Crippen molar-refractivity contribution in [3.8, 4) is 0 Å². The number of carbonyl (C=O) groups excluding carboxylic acids is 1. The van der Waals surface area contributed by atoms with E-state index in [9.17, 15) is 9.18 Å². The SMILES string of the molecule is Cc1nn(C)c(C)c1NC1C(=O)Nc2ccc(F)cc21. The van der Waals surface area contributed by atoms with Gasteiger partial charge in [0.2, 0.25) is 0 Å². The summed E-state index contributed by atoms with van der Waals surface area (Å²) in [7, 11) is 1.84. The molecule has 3 rings (SSSR count). The molecule has 1 amide bonds. The average molecular weight is 274 g/mol. The summed E-state index contributed by atoms with van der Waals surface area (Å²) < 4.78 is 15.1. The molecule has 2 heterocycles. The van der Waals surface area contributed by atoms with Crippen LogP contribution in [0.1, 0.15) is 23.0 Å². The van der Waals surface area contributed by atoms with Crippen LogP contribution in [0, 0.1) is 19.7 Å². The predicted molar refractivity (Wildman–Crippen MR) is 74.1 cm³/mol. The third-order valence-corrected chi connectivity index (χ3v) is 3.64. The van der Waals surface area contributed by atoms with E-state index in [1.165, 1.54) is 12.1 Å². The Morgan fingerprint density at radius 1 is 1.40 bits per heavy atom. The number of hydrogen-bond donors (Lipinski definition) is 2. The van der Waals surface area contributed by atoms with E-state index < -0.39 is 6.04 Å². The van der Waals surface area contributed by atoms with Crippen molar-refractivity contribution >= 4 is 17.3 Å². The van der Waals surface area contributed by atoms with Gasteiger partial charge < -0.3 is 10.6 Å². The molecule has 0 radical (unpaired) electrons. The molecule has 0 aliphatic carbocycles. The van der Waals surface area contributed by atoms with Gasteiger partial charge in [-0.1, -0.05) is 0 Å². The Kier molecular flexibility index (Phi) is 2.74. The first-order valence-electron chi connectivity index (χ1n) is 6.34. The van der Waals surface area contributed by atoms with Gasteiger partial charge in [0.05, 0.1) is 17.1 Å². The molecule has 1 aliphatic heterocycles. The van der Waals surface area contributed by atoms with Gasteiger partial charge >= 0.3 is 0 Å². The van der Waals surface area contributed by atoms with Gasteiger partial charge in [0.15, 0.2) is 0 Å². The lowest BCUT2D eigenvalue weighted by atomic mass is 10.1. The molecule has 0 spiro atoms. The number of amides is 1. The Balaban J connectivity index is 2.00. The Morgan fingerprint density at radius 2 is 2.15 bits per heavy atom. The minimum absolute atomic E-state index is 0.187. The largest absolute Gasteiger partial charge is 0.367 e. The van der Waals surface area contributed by atoms with Crippen LogP contribution in [0.15, 0.2) is 18.2 Å². The smallest absolute Gasteiger partial charge is 0.251 e. The maximum absolute atomic E-state index is 13.4. The molecule has 1 aromatic carbocycles. The number of aromatic nitrogens is 2. The lowest BCUT2D eigenvalue weighted by Crippen LogP contribution is -2.20. The summed E-state index contributed by atoms with van der Waals surface area (Å²) in [6, 6.07) is 3.70. The molecule has 2 N–H and O–H groups in total. The number of hydrogen-bond acceptors (Lipinski definition) is 3. The van der Waals surface area contributed by atoms with Gasteiger partial charge in [0.1, 0.15) is 11.9 Å².